The molecule has 27 heavy (non-hydrogen) atoms. The summed E-state index contributed by atoms with van der Waals surface area (Å²) in [4.78, 5) is 3.07. The minimum Gasteiger partial charge on any atom is -0.458 e. The van der Waals surface area contributed by atoms with E-state index in [-0.39, 0.29) is 29.4 Å². The molecule has 1 unspecified atom stereocenters. The van der Waals surface area contributed by atoms with Gasteiger partial charge in [0.25, 0.3) is 0 Å². The summed E-state index contributed by atoms with van der Waals surface area (Å²) in [6, 6.07) is 4.90. The molecule has 0 bridgehead atoms. The van der Waals surface area contributed by atoms with Crippen LogP contribution in [0.2, 0.25) is 0 Å². The van der Waals surface area contributed by atoms with Crippen molar-refractivity contribution in [1.82, 2.24) is 0 Å². The largest absolute Gasteiger partial charge is 0.458 e. The fourth-order valence-electron chi connectivity index (χ4n) is 3.45. The number of halogens is 5. The first-order valence-corrected chi connectivity index (χ1v) is 7.70. The van der Waals surface area contributed by atoms with Crippen molar-refractivity contribution in [3.05, 3.63) is 64.3 Å². The molecule has 1 aliphatic heterocycles. The molecule has 4 rings (SSSR count). The lowest BCUT2D eigenvalue weighted by Crippen LogP contribution is -2.52. The first-order chi connectivity index (χ1) is 12.6. The Hall–Kier alpha value is -2.70. The van der Waals surface area contributed by atoms with E-state index in [0.717, 1.165) is 24.3 Å². The molecule has 0 amide bonds. The van der Waals surface area contributed by atoms with Crippen molar-refractivity contribution in [2.75, 3.05) is 6.61 Å². The van der Waals surface area contributed by atoms with Gasteiger partial charge in [0.1, 0.15) is 17.3 Å². The summed E-state index contributed by atoms with van der Waals surface area (Å²) in [5, 5.41) is 10.4. The van der Waals surface area contributed by atoms with Gasteiger partial charge in [-0.25, -0.2) is 9.24 Å². The Kier molecular flexibility index (Phi) is 3.54. The van der Waals surface area contributed by atoms with Crippen LogP contribution in [0.25, 0.3) is 4.85 Å². The molecular weight excluding hydrogens is 373 g/mol. The van der Waals surface area contributed by atoms with Crippen molar-refractivity contribution >= 4 is 5.69 Å². The maximum atomic E-state index is 14.3. The third-order valence-electron chi connectivity index (χ3n) is 4.71. The fraction of sp³-hybridized carbons (Fsp3) is 0.278. The molecule has 4 nitrogen and oxygen atoms in total. The molecule has 0 spiro atoms. The second-order valence-electron chi connectivity index (χ2n) is 6.33. The van der Waals surface area contributed by atoms with Crippen LogP contribution in [0.15, 0.2) is 30.3 Å². The van der Waals surface area contributed by atoms with Gasteiger partial charge in [0, 0.05) is 22.8 Å². The SMILES string of the molecule is [C-]#[N+]c1cc(F)cc(Oc2ccc3c4c2COCC4(O)C(F)(F)C3(F)F)c1. The molecule has 1 aliphatic carbocycles. The van der Waals surface area contributed by atoms with E-state index in [1.807, 2.05) is 0 Å². The number of ether oxygens (including phenoxy) is 2. The molecule has 140 valence electrons. The van der Waals surface area contributed by atoms with Gasteiger partial charge in [-0.3, -0.25) is 0 Å². The molecular formula is C18H10F5NO3. The summed E-state index contributed by atoms with van der Waals surface area (Å²) in [5.74, 6) is -10.4. The van der Waals surface area contributed by atoms with Gasteiger partial charge in [-0.2, -0.15) is 17.6 Å². The summed E-state index contributed by atoms with van der Waals surface area (Å²) in [6.45, 7) is 5.58. The third-order valence-corrected chi connectivity index (χ3v) is 4.71. The highest BCUT2D eigenvalue weighted by Gasteiger charge is 2.77. The van der Waals surface area contributed by atoms with Gasteiger partial charge in [0.05, 0.1) is 19.8 Å². The molecule has 1 atom stereocenters. The Balaban J connectivity index is 1.87. The van der Waals surface area contributed by atoms with E-state index < -0.39 is 41.0 Å². The van der Waals surface area contributed by atoms with Crippen molar-refractivity contribution in [1.29, 1.82) is 0 Å². The van der Waals surface area contributed by atoms with Gasteiger partial charge < -0.3 is 14.6 Å². The quantitative estimate of drug-likeness (QED) is 0.608. The number of benzene rings is 2. The lowest BCUT2D eigenvalue weighted by molar-refractivity contribution is -0.299. The van der Waals surface area contributed by atoms with Crippen molar-refractivity contribution < 1.29 is 36.5 Å². The van der Waals surface area contributed by atoms with E-state index in [1.54, 1.807) is 0 Å². The van der Waals surface area contributed by atoms with Gasteiger partial charge in [0.2, 0.25) is 0 Å². The van der Waals surface area contributed by atoms with Gasteiger partial charge in [-0.1, -0.05) is 0 Å². The minimum atomic E-state index is -4.77. The number of hydrogen-bond acceptors (Lipinski definition) is 3. The maximum absolute atomic E-state index is 14.3. The smallest absolute Gasteiger partial charge is 0.348 e. The van der Waals surface area contributed by atoms with Gasteiger partial charge >= 0.3 is 11.8 Å². The van der Waals surface area contributed by atoms with Crippen molar-refractivity contribution in [3.63, 3.8) is 0 Å². The second-order valence-corrected chi connectivity index (χ2v) is 6.33. The fourth-order valence-corrected chi connectivity index (χ4v) is 3.45. The highest BCUT2D eigenvalue weighted by atomic mass is 19.3. The highest BCUT2D eigenvalue weighted by molar-refractivity contribution is 5.58. The second kappa shape index (κ2) is 5.41. The van der Waals surface area contributed by atoms with Gasteiger partial charge in [0.15, 0.2) is 11.3 Å². The zero-order chi connectivity index (χ0) is 19.6. The van der Waals surface area contributed by atoms with Crippen LogP contribution in [0.5, 0.6) is 11.5 Å². The van der Waals surface area contributed by atoms with Crippen LogP contribution in [0, 0.1) is 12.4 Å². The Morgan fingerprint density at radius 1 is 1.15 bits per heavy atom. The standard InChI is InChI=1S/C18H10F5NO3/c1-24-10-4-9(19)5-11(6-10)27-14-3-2-13-15-12(14)7-26-8-16(15,25)18(22,23)17(13,20)21/h2-6,25H,7-8H2. The number of rotatable bonds is 2. The lowest BCUT2D eigenvalue weighted by atomic mass is 9.88. The summed E-state index contributed by atoms with van der Waals surface area (Å²) in [6.07, 6.45) is 0. The van der Waals surface area contributed by atoms with Crippen LogP contribution < -0.4 is 4.74 Å². The minimum absolute atomic E-state index is 0.0642. The Bertz CT molecular complexity index is 1000. The van der Waals surface area contributed by atoms with Crippen LogP contribution in [-0.2, 0) is 22.9 Å². The van der Waals surface area contributed by atoms with Crippen molar-refractivity contribution in [2.45, 2.75) is 24.1 Å². The topological polar surface area (TPSA) is 43.0 Å². The molecule has 0 fully saturated rings. The predicted molar refractivity (Wildman–Crippen MR) is 81.6 cm³/mol. The van der Waals surface area contributed by atoms with E-state index in [9.17, 15) is 27.1 Å². The van der Waals surface area contributed by atoms with Gasteiger partial charge in [-0.05, 0) is 24.3 Å². The van der Waals surface area contributed by atoms with Crippen LogP contribution in [0.3, 0.4) is 0 Å². The van der Waals surface area contributed by atoms with Crippen LogP contribution in [0.1, 0.15) is 16.7 Å². The normalized spacial score (nSPS) is 24.2. The molecule has 1 N–H and O–H groups in total. The summed E-state index contributed by atoms with van der Waals surface area (Å²) in [5.41, 5.74) is -5.08. The van der Waals surface area contributed by atoms with E-state index in [4.69, 9.17) is 16.0 Å². The van der Waals surface area contributed by atoms with Crippen molar-refractivity contribution in [3.8, 4) is 11.5 Å². The van der Waals surface area contributed by atoms with E-state index >= 15 is 0 Å². The van der Waals surface area contributed by atoms with Crippen LogP contribution in [0.4, 0.5) is 27.6 Å². The number of hydrogen-bond donors (Lipinski definition) is 1. The average molecular weight is 383 g/mol. The predicted octanol–water partition coefficient (Wildman–Crippen LogP) is 4.63. The molecule has 0 aromatic heterocycles. The molecule has 0 saturated carbocycles. The average Bonchev–Trinajstić information content (AvgIpc) is 2.72. The number of aliphatic hydroxyl groups is 1. The van der Waals surface area contributed by atoms with Crippen molar-refractivity contribution in [2.24, 2.45) is 0 Å². The lowest BCUT2D eigenvalue weighted by Gasteiger charge is -2.35. The monoisotopic (exact) mass is 383 g/mol. The Morgan fingerprint density at radius 2 is 1.89 bits per heavy atom. The first-order valence-electron chi connectivity index (χ1n) is 7.70. The van der Waals surface area contributed by atoms with Crippen LogP contribution >= 0.6 is 0 Å². The first kappa shape index (κ1) is 17.7. The molecule has 0 saturated heterocycles. The highest BCUT2D eigenvalue weighted by Crippen LogP contribution is 2.63. The zero-order valence-electron chi connectivity index (χ0n) is 13.4. The zero-order valence-corrected chi connectivity index (χ0v) is 13.4. The number of nitrogens with zero attached hydrogens (tertiary/aromatic N) is 1. The summed E-state index contributed by atoms with van der Waals surface area (Å²) < 4.78 is 81.0. The number of alkyl halides is 4. The van der Waals surface area contributed by atoms with E-state index in [0.29, 0.717) is 0 Å². The molecule has 1 heterocycles. The molecule has 0 radical (unpaired) electrons. The van der Waals surface area contributed by atoms with Gasteiger partial charge in [-0.15, -0.1) is 0 Å². The third kappa shape index (κ3) is 2.20. The molecule has 2 aromatic rings. The molecule has 2 aromatic carbocycles. The summed E-state index contributed by atoms with van der Waals surface area (Å²) in [7, 11) is 0. The van der Waals surface area contributed by atoms with Crippen LogP contribution in [-0.4, -0.2) is 17.6 Å². The van der Waals surface area contributed by atoms with E-state index in [1.165, 1.54) is 6.07 Å². The Labute approximate surface area is 149 Å². The molecule has 9 heteroatoms. The summed E-state index contributed by atoms with van der Waals surface area (Å²) >= 11 is 0. The molecule has 2 aliphatic rings. The maximum Gasteiger partial charge on any atom is 0.348 e. The van der Waals surface area contributed by atoms with E-state index in [2.05, 4.69) is 4.85 Å². The Morgan fingerprint density at radius 3 is 2.59 bits per heavy atom.